The second-order valence-electron chi connectivity index (χ2n) is 6.10. The summed E-state index contributed by atoms with van der Waals surface area (Å²) >= 11 is 1.38. The first kappa shape index (κ1) is 22.3. The van der Waals surface area contributed by atoms with Crippen molar-refractivity contribution in [3.8, 4) is 11.8 Å². The summed E-state index contributed by atoms with van der Waals surface area (Å²) in [5.41, 5.74) is 1.71. The minimum atomic E-state index is -0.460. The molecular weight excluding hydrogens is 388 g/mol. The number of benzene rings is 2. The Kier molecular flexibility index (Phi) is 9.06. The highest BCUT2D eigenvalue weighted by atomic mass is 32.2. The van der Waals surface area contributed by atoms with Crippen molar-refractivity contribution < 1.29 is 19.1 Å². The van der Waals surface area contributed by atoms with Gasteiger partial charge in [0.25, 0.3) is 5.91 Å². The van der Waals surface area contributed by atoms with Crippen LogP contribution in [0.5, 0.6) is 5.75 Å². The molecule has 0 bridgehead atoms. The Morgan fingerprint density at radius 2 is 1.86 bits per heavy atom. The van der Waals surface area contributed by atoms with E-state index in [0.29, 0.717) is 18.0 Å². The number of anilines is 1. The number of nitriles is 1. The molecule has 0 unspecified atom stereocenters. The SMILES string of the molecule is CCOc1ccc(N(CCC#N)C(=O)COC(=O)CSc2ccccc2C)cc1. The van der Waals surface area contributed by atoms with Crippen molar-refractivity contribution in [3.05, 3.63) is 54.1 Å². The van der Waals surface area contributed by atoms with Gasteiger partial charge in [0.1, 0.15) is 5.75 Å². The molecule has 0 aliphatic heterocycles. The summed E-state index contributed by atoms with van der Waals surface area (Å²) in [6, 6.07) is 16.8. The lowest BCUT2D eigenvalue weighted by Crippen LogP contribution is -2.35. The van der Waals surface area contributed by atoms with Crippen LogP contribution in [0.4, 0.5) is 5.69 Å². The number of amides is 1. The highest BCUT2D eigenvalue weighted by Crippen LogP contribution is 2.22. The van der Waals surface area contributed by atoms with E-state index in [1.807, 2.05) is 44.2 Å². The molecule has 6 nitrogen and oxygen atoms in total. The molecule has 0 atom stereocenters. The summed E-state index contributed by atoms with van der Waals surface area (Å²) in [5.74, 6) is -0.0138. The van der Waals surface area contributed by atoms with Crippen molar-refractivity contribution in [2.24, 2.45) is 0 Å². The molecule has 0 aliphatic carbocycles. The Labute approximate surface area is 175 Å². The third-order valence-corrected chi connectivity index (χ3v) is 5.15. The van der Waals surface area contributed by atoms with Gasteiger partial charge in [-0.25, -0.2) is 0 Å². The maximum absolute atomic E-state index is 12.6. The number of carbonyl (C=O) groups excluding carboxylic acids is 2. The second kappa shape index (κ2) is 11.8. The lowest BCUT2D eigenvalue weighted by Gasteiger charge is -2.22. The minimum Gasteiger partial charge on any atom is -0.494 e. The van der Waals surface area contributed by atoms with Gasteiger partial charge in [0.15, 0.2) is 6.61 Å². The zero-order valence-corrected chi connectivity index (χ0v) is 17.4. The molecule has 7 heteroatoms. The summed E-state index contributed by atoms with van der Waals surface area (Å²) in [7, 11) is 0. The van der Waals surface area contributed by atoms with E-state index in [2.05, 4.69) is 0 Å². The van der Waals surface area contributed by atoms with E-state index < -0.39 is 5.97 Å². The van der Waals surface area contributed by atoms with E-state index in [9.17, 15) is 9.59 Å². The van der Waals surface area contributed by atoms with E-state index in [4.69, 9.17) is 14.7 Å². The van der Waals surface area contributed by atoms with E-state index in [1.165, 1.54) is 16.7 Å². The molecule has 0 fully saturated rings. The molecule has 1 amide bonds. The molecule has 0 N–H and O–H groups in total. The van der Waals surface area contributed by atoms with Gasteiger partial charge < -0.3 is 14.4 Å². The minimum absolute atomic E-state index is 0.124. The molecule has 0 aliphatic rings. The average molecular weight is 413 g/mol. The van der Waals surface area contributed by atoms with E-state index in [-0.39, 0.29) is 31.2 Å². The van der Waals surface area contributed by atoms with E-state index >= 15 is 0 Å². The van der Waals surface area contributed by atoms with Crippen molar-refractivity contribution in [1.82, 2.24) is 0 Å². The quantitative estimate of drug-likeness (QED) is 0.434. The van der Waals surface area contributed by atoms with Crippen molar-refractivity contribution >= 4 is 29.3 Å². The van der Waals surface area contributed by atoms with Crippen LogP contribution in [0.25, 0.3) is 0 Å². The lowest BCUT2D eigenvalue weighted by atomic mass is 10.2. The van der Waals surface area contributed by atoms with E-state index in [1.54, 1.807) is 24.3 Å². The fourth-order valence-electron chi connectivity index (χ4n) is 2.57. The van der Waals surface area contributed by atoms with Gasteiger partial charge in [-0.2, -0.15) is 5.26 Å². The molecule has 0 spiro atoms. The smallest absolute Gasteiger partial charge is 0.316 e. The molecule has 152 valence electrons. The first-order valence-electron chi connectivity index (χ1n) is 9.29. The van der Waals surface area contributed by atoms with E-state index in [0.717, 1.165) is 10.5 Å². The summed E-state index contributed by atoms with van der Waals surface area (Å²) in [6.07, 6.45) is 0.177. The van der Waals surface area contributed by atoms with Gasteiger partial charge in [0.2, 0.25) is 0 Å². The monoisotopic (exact) mass is 412 g/mol. The number of nitrogens with zero attached hydrogens (tertiary/aromatic N) is 2. The number of hydrogen-bond acceptors (Lipinski definition) is 6. The third-order valence-electron chi connectivity index (χ3n) is 4.00. The molecule has 0 radical (unpaired) electrons. The van der Waals surface area contributed by atoms with Crippen LogP contribution in [0.2, 0.25) is 0 Å². The van der Waals surface area contributed by atoms with Crippen LogP contribution in [-0.2, 0) is 14.3 Å². The first-order chi connectivity index (χ1) is 14.0. The molecule has 2 aromatic rings. The first-order valence-corrected chi connectivity index (χ1v) is 10.3. The molecule has 2 rings (SSSR count). The van der Waals surface area contributed by atoms with Gasteiger partial charge >= 0.3 is 5.97 Å². The number of aryl methyl sites for hydroxylation is 1. The van der Waals surface area contributed by atoms with Crippen molar-refractivity contribution in [2.45, 2.75) is 25.2 Å². The summed E-state index contributed by atoms with van der Waals surface area (Å²) < 4.78 is 10.6. The zero-order chi connectivity index (χ0) is 21.1. The van der Waals surface area contributed by atoms with Crippen LogP contribution in [0.3, 0.4) is 0 Å². The van der Waals surface area contributed by atoms with Gasteiger partial charge in [-0.05, 0) is 49.7 Å². The average Bonchev–Trinajstić information content (AvgIpc) is 2.73. The van der Waals surface area contributed by atoms with Crippen LogP contribution in [0, 0.1) is 18.3 Å². The van der Waals surface area contributed by atoms with Gasteiger partial charge in [-0.15, -0.1) is 11.8 Å². The normalized spacial score (nSPS) is 10.1. The van der Waals surface area contributed by atoms with Gasteiger partial charge in [0, 0.05) is 17.1 Å². The summed E-state index contributed by atoms with van der Waals surface area (Å²) in [5, 5.41) is 8.88. The summed E-state index contributed by atoms with van der Waals surface area (Å²) in [4.78, 5) is 27.1. The molecule has 29 heavy (non-hydrogen) atoms. The third kappa shape index (κ3) is 7.16. The number of ether oxygens (including phenoxy) is 2. The van der Waals surface area contributed by atoms with Crippen LogP contribution in [0.1, 0.15) is 18.9 Å². The number of rotatable bonds is 10. The maximum Gasteiger partial charge on any atom is 0.316 e. The standard InChI is InChI=1S/C22H24N2O4S/c1-3-27-19-11-9-18(10-12-19)24(14-6-13-23)21(25)15-28-22(26)16-29-20-8-5-4-7-17(20)2/h4-5,7-12H,3,6,14-16H2,1-2H3. The fraction of sp³-hybridized carbons (Fsp3) is 0.318. The fourth-order valence-corrected chi connectivity index (χ4v) is 3.39. The Morgan fingerprint density at radius 1 is 1.14 bits per heavy atom. The van der Waals surface area contributed by atoms with Crippen molar-refractivity contribution in [2.75, 3.05) is 30.4 Å². The Bertz CT molecular complexity index is 862. The largest absolute Gasteiger partial charge is 0.494 e. The molecule has 2 aromatic carbocycles. The number of esters is 1. The van der Waals surface area contributed by atoms with Crippen LogP contribution in [0.15, 0.2) is 53.4 Å². The Hall–Kier alpha value is -2.98. The highest BCUT2D eigenvalue weighted by Gasteiger charge is 2.18. The Balaban J connectivity index is 1.92. The molecular formula is C22H24N2O4S. The second-order valence-corrected chi connectivity index (χ2v) is 7.11. The number of thioether (sulfide) groups is 1. The van der Waals surface area contributed by atoms with Gasteiger partial charge in [0.05, 0.1) is 24.8 Å². The van der Waals surface area contributed by atoms with Gasteiger partial charge in [-0.1, -0.05) is 18.2 Å². The predicted octanol–water partition coefficient (Wildman–Crippen LogP) is 3.98. The topological polar surface area (TPSA) is 79.6 Å². The maximum atomic E-state index is 12.6. The predicted molar refractivity (Wildman–Crippen MR) is 113 cm³/mol. The number of hydrogen-bond donors (Lipinski definition) is 0. The van der Waals surface area contributed by atoms with Crippen molar-refractivity contribution in [3.63, 3.8) is 0 Å². The van der Waals surface area contributed by atoms with Gasteiger partial charge in [-0.3, -0.25) is 9.59 Å². The molecule has 0 saturated carbocycles. The van der Waals surface area contributed by atoms with Crippen LogP contribution in [-0.4, -0.2) is 37.4 Å². The Morgan fingerprint density at radius 3 is 2.52 bits per heavy atom. The van der Waals surface area contributed by atoms with Crippen molar-refractivity contribution in [1.29, 1.82) is 5.26 Å². The number of carbonyl (C=O) groups is 2. The highest BCUT2D eigenvalue weighted by molar-refractivity contribution is 8.00. The zero-order valence-electron chi connectivity index (χ0n) is 16.6. The summed E-state index contributed by atoms with van der Waals surface area (Å²) in [6.45, 7) is 4.26. The van der Waals surface area contributed by atoms with Crippen LogP contribution < -0.4 is 9.64 Å². The molecule has 0 heterocycles. The molecule has 0 saturated heterocycles. The van der Waals surface area contributed by atoms with Crippen LogP contribution >= 0.6 is 11.8 Å². The molecule has 0 aromatic heterocycles. The lowest BCUT2D eigenvalue weighted by molar-refractivity contribution is -0.145.